The van der Waals surface area contributed by atoms with Crippen LogP contribution >= 0.6 is 0 Å². The van der Waals surface area contributed by atoms with Gasteiger partial charge in [-0.3, -0.25) is 0 Å². The van der Waals surface area contributed by atoms with Crippen molar-refractivity contribution in [3.05, 3.63) is 54.1 Å². The van der Waals surface area contributed by atoms with Gasteiger partial charge in [-0.25, -0.2) is 0 Å². The van der Waals surface area contributed by atoms with Crippen molar-refractivity contribution >= 4 is 5.69 Å². The van der Waals surface area contributed by atoms with Crippen LogP contribution in [0.15, 0.2) is 48.5 Å². The molecule has 3 heteroatoms. The standard InChI is InChI=1S/C19H25NO2/c1-15(2)14-22-19-11-7-5-9-17(19)20-12-13-21-18-10-6-4-8-16(18)3/h4-11,15,20H,12-14H2,1-3H3. The summed E-state index contributed by atoms with van der Waals surface area (Å²) in [5.41, 5.74) is 2.17. The van der Waals surface area contributed by atoms with Gasteiger partial charge in [-0.1, -0.05) is 44.2 Å². The number of hydrogen-bond donors (Lipinski definition) is 1. The maximum Gasteiger partial charge on any atom is 0.142 e. The molecule has 0 unspecified atom stereocenters. The zero-order valence-corrected chi connectivity index (χ0v) is 13.6. The summed E-state index contributed by atoms with van der Waals surface area (Å²) in [7, 11) is 0. The Hall–Kier alpha value is -2.16. The minimum absolute atomic E-state index is 0.512. The van der Waals surface area contributed by atoms with E-state index in [0.717, 1.165) is 35.9 Å². The first-order chi connectivity index (χ1) is 10.7. The Morgan fingerprint density at radius 2 is 1.59 bits per heavy atom. The van der Waals surface area contributed by atoms with Crippen molar-refractivity contribution in [3.8, 4) is 11.5 Å². The Kier molecular flexibility index (Phi) is 6.13. The highest BCUT2D eigenvalue weighted by Gasteiger charge is 2.04. The van der Waals surface area contributed by atoms with Gasteiger partial charge in [0.2, 0.25) is 0 Å². The summed E-state index contributed by atoms with van der Waals surface area (Å²) in [5.74, 6) is 2.35. The van der Waals surface area contributed by atoms with Crippen molar-refractivity contribution in [1.29, 1.82) is 0 Å². The van der Waals surface area contributed by atoms with Crippen molar-refractivity contribution in [2.75, 3.05) is 25.1 Å². The van der Waals surface area contributed by atoms with Gasteiger partial charge in [-0.2, -0.15) is 0 Å². The highest BCUT2D eigenvalue weighted by Crippen LogP contribution is 2.24. The predicted molar refractivity (Wildman–Crippen MR) is 91.9 cm³/mol. The molecule has 1 N–H and O–H groups in total. The zero-order chi connectivity index (χ0) is 15.8. The van der Waals surface area contributed by atoms with Crippen molar-refractivity contribution in [3.63, 3.8) is 0 Å². The van der Waals surface area contributed by atoms with Crippen LogP contribution in [0.25, 0.3) is 0 Å². The molecule has 0 saturated heterocycles. The van der Waals surface area contributed by atoms with E-state index in [4.69, 9.17) is 9.47 Å². The van der Waals surface area contributed by atoms with Gasteiger partial charge in [0.15, 0.2) is 0 Å². The van der Waals surface area contributed by atoms with E-state index in [2.05, 4.69) is 32.2 Å². The number of para-hydroxylation sites is 3. The highest BCUT2D eigenvalue weighted by atomic mass is 16.5. The van der Waals surface area contributed by atoms with Gasteiger partial charge in [0.1, 0.15) is 18.1 Å². The summed E-state index contributed by atoms with van der Waals surface area (Å²) >= 11 is 0. The molecule has 0 aliphatic carbocycles. The maximum absolute atomic E-state index is 5.83. The Morgan fingerprint density at radius 1 is 0.909 bits per heavy atom. The van der Waals surface area contributed by atoms with Crippen molar-refractivity contribution < 1.29 is 9.47 Å². The van der Waals surface area contributed by atoms with E-state index in [-0.39, 0.29) is 0 Å². The van der Waals surface area contributed by atoms with E-state index >= 15 is 0 Å². The number of nitrogens with one attached hydrogen (secondary N) is 1. The predicted octanol–water partition coefficient (Wildman–Crippen LogP) is 4.52. The molecule has 22 heavy (non-hydrogen) atoms. The third-order valence-electron chi connectivity index (χ3n) is 3.23. The quantitative estimate of drug-likeness (QED) is 0.727. The van der Waals surface area contributed by atoms with Crippen LogP contribution in [0.2, 0.25) is 0 Å². The van der Waals surface area contributed by atoms with Crippen molar-refractivity contribution in [2.24, 2.45) is 5.92 Å². The Morgan fingerprint density at radius 3 is 2.32 bits per heavy atom. The molecule has 0 heterocycles. The molecule has 0 atom stereocenters. The molecular weight excluding hydrogens is 274 g/mol. The lowest BCUT2D eigenvalue weighted by atomic mass is 10.2. The van der Waals surface area contributed by atoms with Gasteiger partial charge in [-0.15, -0.1) is 0 Å². The number of ether oxygens (including phenoxy) is 2. The largest absolute Gasteiger partial charge is 0.491 e. The average Bonchev–Trinajstić information content (AvgIpc) is 2.52. The molecule has 3 nitrogen and oxygen atoms in total. The molecule has 0 bridgehead atoms. The average molecular weight is 299 g/mol. The molecule has 0 radical (unpaired) electrons. The molecule has 118 valence electrons. The topological polar surface area (TPSA) is 30.5 Å². The summed E-state index contributed by atoms with van der Waals surface area (Å²) in [4.78, 5) is 0. The van der Waals surface area contributed by atoms with Gasteiger partial charge >= 0.3 is 0 Å². The molecule has 0 aliphatic rings. The molecular formula is C19H25NO2. The molecule has 2 aromatic carbocycles. The zero-order valence-electron chi connectivity index (χ0n) is 13.6. The Labute approximate surface area is 133 Å². The second kappa shape index (κ2) is 8.32. The van der Waals surface area contributed by atoms with E-state index in [9.17, 15) is 0 Å². The fraction of sp³-hybridized carbons (Fsp3) is 0.368. The minimum atomic E-state index is 0.512. The first-order valence-electron chi connectivity index (χ1n) is 7.81. The third kappa shape index (κ3) is 4.99. The molecule has 2 aromatic rings. The SMILES string of the molecule is Cc1ccccc1OCCNc1ccccc1OCC(C)C. The minimum Gasteiger partial charge on any atom is -0.491 e. The molecule has 0 aliphatic heterocycles. The molecule has 0 fully saturated rings. The normalized spacial score (nSPS) is 10.5. The Balaban J connectivity index is 1.83. The number of anilines is 1. The summed E-state index contributed by atoms with van der Waals surface area (Å²) in [6, 6.07) is 16.1. The van der Waals surface area contributed by atoms with E-state index in [1.165, 1.54) is 0 Å². The van der Waals surface area contributed by atoms with E-state index < -0.39 is 0 Å². The number of aryl methyl sites for hydroxylation is 1. The number of hydrogen-bond acceptors (Lipinski definition) is 3. The van der Waals surface area contributed by atoms with Crippen LogP contribution in [0.4, 0.5) is 5.69 Å². The smallest absolute Gasteiger partial charge is 0.142 e. The van der Waals surface area contributed by atoms with E-state index in [1.807, 2.05) is 42.5 Å². The van der Waals surface area contributed by atoms with Crippen LogP contribution in [-0.2, 0) is 0 Å². The first-order valence-corrected chi connectivity index (χ1v) is 7.81. The summed E-state index contributed by atoms with van der Waals surface area (Å²) < 4.78 is 11.6. The van der Waals surface area contributed by atoms with Gasteiger partial charge in [0.25, 0.3) is 0 Å². The maximum atomic E-state index is 5.83. The van der Waals surface area contributed by atoms with Gasteiger partial charge in [-0.05, 0) is 36.6 Å². The van der Waals surface area contributed by atoms with Crippen LogP contribution in [0.5, 0.6) is 11.5 Å². The van der Waals surface area contributed by atoms with Crippen LogP contribution in [-0.4, -0.2) is 19.8 Å². The van der Waals surface area contributed by atoms with Gasteiger partial charge in [0, 0.05) is 6.54 Å². The van der Waals surface area contributed by atoms with E-state index in [1.54, 1.807) is 0 Å². The molecule has 0 aromatic heterocycles. The summed E-state index contributed by atoms with van der Waals surface area (Å²) in [6.45, 7) is 8.41. The highest BCUT2D eigenvalue weighted by molar-refractivity contribution is 5.56. The fourth-order valence-corrected chi connectivity index (χ4v) is 2.06. The van der Waals surface area contributed by atoms with Crippen molar-refractivity contribution in [2.45, 2.75) is 20.8 Å². The molecule has 0 spiro atoms. The summed E-state index contributed by atoms with van der Waals surface area (Å²) in [6.07, 6.45) is 0. The van der Waals surface area contributed by atoms with Gasteiger partial charge < -0.3 is 14.8 Å². The lowest BCUT2D eigenvalue weighted by Crippen LogP contribution is -2.13. The van der Waals surface area contributed by atoms with Crippen LogP contribution in [0.1, 0.15) is 19.4 Å². The lowest BCUT2D eigenvalue weighted by Gasteiger charge is -2.15. The lowest BCUT2D eigenvalue weighted by molar-refractivity contribution is 0.272. The number of benzene rings is 2. The van der Waals surface area contributed by atoms with Crippen LogP contribution < -0.4 is 14.8 Å². The Bertz CT molecular complexity index is 581. The monoisotopic (exact) mass is 299 g/mol. The molecule has 0 saturated carbocycles. The number of rotatable bonds is 8. The molecule has 2 rings (SSSR count). The van der Waals surface area contributed by atoms with Crippen LogP contribution in [0.3, 0.4) is 0 Å². The second-order valence-electron chi connectivity index (χ2n) is 5.74. The second-order valence-corrected chi connectivity index (χ2v) is 5.74. The van der Waals surface area contributed by atoms with Crippen molar-refractivity contribution in [1.82, 2.24) is 0 Å². The third-order valence-corrected chi connectivity index (χ3v) is 3.23. The molecule has 0 amide bonds. The van der Waals surface area contributed by atoms with Crippen LogP contribution in [0, 0.1) is 12.8 Å². The summed E-state index contributed by atoms with van der Waals surface area (Å²) in [5, 5.41) is 3.38. The first kappa shape index (κ1) is 16.2. The van der Waals surface area contributed by atoms with Gasteiger partial charge in [0.05, 0.1) is 12.3 Å². The fourth-order valence-electron chi connectivity index (χ4n) is 2.06. The van der Waals surface area contributed by atoms with E-state index in [0.29, 0.717) is 12.5 Å².